The second-order valence-corrected chi connectivity index (χ2v) is 9.35. The SMILES string of the molecule is CCC(=O)O[C@H]1C[C@@H]2[C@H](CC[C@]3(C)C(=O)CC[C@@H]23)[C@@]2(C)CCC(=O)C=C12. The van der Waals surface area contributed by atoms with Crippen molar-refractivity contribution in [1.82, 2.24) is 0 Å². The summed E-state index contributed by atoms with van der Waals surface area (Å²) in [5.41, 5.74) is 0.773. The van der Waals surface area contributed by atoms with Gasteiger partial charge in [0, 0.05) is 24.7 Å². The summed E-state index contributed by atoms with van der Waals surface area (Å²) in [4.78, 5) is 36.8. The standard InChI is InChI=1S/C22H30O4/c1-4-20(25)26-18-12-14-15-5-6-19(24)22(15,3)10-8-16(14)21(2)9-7-13(23)11-17(18)21/h11,14-16,18H,4-10,12H2,1-3H3/t14-,15-,16-,18-,21+,22-/m0/s1. The third-order valence-corrected chi connectivity index (χ3v) is 8.23. The summed E-state index contributed by atoms with van der Waals surface area (Å²) in [6, 6.07) is 0. The summed E-state index contributed by atoms with van der Waals surface area (Å²) in [5.74, 6) is 1.68. The summed E-state index contributed by atoms with van der Waals surface area (Å²) in [5, 5.41) is 0. The highest BCUT2D eigenvalue weighted by molar-refractivity contribution is 5.92. The first kappa shape index (κ1) is 17.9. The minimum atomic E-state index is -0.295. The fraction of sp³-hybridized carbons (Fsp3) is 0.773. The fourth-order valence-electron chi connectivity index (χ4n) is 6.70. The van der Waals surface area contributed by atoms with Crippen LogP contribution in [0, 0.1) is 28.6 Å². The molecule has 0 saturated heterocycles. The maximum Gasteiger partial charge on any atom is 0.306 e. The zero-order chi connectivity index (χ0) is 18.7. The Labute approximate surface area is 155 Å². The van der Waals surface area contributed by atoms with Gasteiger partial charge in [0.15, 0.2) is 5.78 Å². The van der Waals surface area contributed by atoms with Gasteiger partial charge < -0.3 is 4.74 Å². The number of ketones is 2. The van der Waals surface area contributed by atoms with Crippen LogP contribution in [0.4, 0.5) is 0 Å². The monoisotopic (exact) mass is 358 g/mol. The van der Waals surface area contributed by atoms with Crippen LogP contribution in [0.2, 0.25) is 0 Å². The van der Waals surface area contributed by atoms with Crippen LogP contribution in [0.1, 0.15) is 72.1 Å². The molecule has 142 valence electrons. The topological polar surface area (TPSA) is 60.4 Å². The maximum atomic E-state index is 12.6. The van der Waals surface area contributed by atoms with Crippen LogP contribution >= 0.6 is 0 Å². The molecule has 4 heteroatoms. The molecule has 3 saturated carbocycles. The Morgan fingerprint density at radius 1 is 1.12 bits per heavy atom. The second-order valence-electron chi connectivity index (χ2n) is 9.35. The largest absolute Gasteiger partial charge is 0.458 e. The number of hydrogen-bond donors (Lipinski definition) is 0. The lowest BCUT2D eigenvalue weighted by molar-refractivity contribution is -0.156. The van der Waals surface area contributed by atoms with Crippen molar-refractivity contribution in [3.8, 4) is 0 Å². The van der Waals surface area contributed by atoms with Crippen LogP contribution < -0.4 is 0 Å². The van der Waals surface area contributed by atoms with E-state index >= 15 is 0 Å². The zero-order valence-electron chi connectivity index (χ0n) is 16.2. The van der Waals surface area contributed by atoms with E-state index in [1.54, 1.807) is 13.0 Å². The molecule has 4 aliphatic rings. The molecule has 3 fully saturated rings. The van der Waals surface area contributed by atoms with Gasteiger partial charge >= 0.3 is 5.97 Å². The normalized spacial score (nSPS) is 44.7. The van der Waals surface area contributed by atoms with Crippen molar-refractivity contribution < 1.29 is 19.1 Å². The molecule has 0 aromatic heterocycles. The fourth-order valence-corrected chi connectivity index (χ4v) is 6.70. The predicted molar refractivity (Wildman–Crippen MR) is 97.3 cm³/mol. The van der Waals surface area contributed by atoms with Crippen LogP contribution in [-0.4, -0.2) is 23.6 Å². The maximum absolute atomic E-state index is 12.6. The van der Waals surface area contributed by atoms with E-state index in [0.29, 0.717) is 42.8 Å². The van der Waals surface area contributed by atoms with Gasteiger partial charge in [-0.05, 0) is 66.9 Å². The number of ether oxygens (including phenoxy) is 1. The number of Topliss-reactive ketones (excluding diaryl/α,β-unsaturated/α-hetero) is 1. The average Bonchev–Trinajstić information content (AvgIpc) is 2.91. The van der Waals surface area contributed by atoms with Crippen molar-refractivity contribution in [1.29, 1.82) is 0 Å². The van der Waals surface area contributed by atoms with E-state index < -0.39 is 0 Å². The van der Waals surface area contributed by atoms with Gasteiger partial charge in [0.25, 0.3) is 0 Å². The van der Waals surface area contributed by atoms with Crippen LogP contribution in [0.25, 0.3) is 0 Å². The third kappa shape index (κ3) is 2.44. The molecule has 6 atom stereocenters. The molecule has 4 nitrogen and oxygen atoms in total. The molecule has 4 aliphatic carbocycles. The first-order valence-corrected chi connectivity index (χ1v) is 10.3. The number of hydrogen-bond acceptors (Lipinski definition) is 4. The lowest BCUT2D eigenvalue weighted by Crippen LogP contribution is -2.54. The molecule has 0 radical (unpaired) electrons. The molecule has 4 rings (SSSR count). The third-order valence-electron chi connectivity index (χ3n) is 8.23. The van der Waals surface area contributed by atoms with Crippen LogP contribution in [0.3, 0.4) is 0 Å². The van der Waals surface area contributed by atoms with Gasteiger partial charge in [0.05, 0.1) is 0 Å². The summed E-state index contributed by atoms with van der Waals surface area (Å²) in [6.07, 6.45) is 7.71. The number of rotatable bonds is 2. The van der Waals surface area contributed by atoms with Crippen molar-refractivity contribution in [2.75, 3.05) is 0 Å². The first-order chi connectivity index (χ1) is 12.3. The number of esters is 1. The zero-order valence-corrected chi connectivity index (χ0v) is 16.2. The molecular formula is C22H30O4. The van der Waals surface area contributed by atoms with Crippen molar-refractivity contribution in [2.24, 2.45) is 28.6 Å². The van der Waals surface area contributed by atoms with Gasteiger partial charge in [-0.15, -0.1) is 0 Å². The minimum Gasteiger partial charge on any atom is -0.458 e. The molecule has 0 heterocycles. The van der Waals surface area contributed by atoms with E-state index in [4.69, 9.17) is 4.74 Å². The highest BCUT2D eigenvalue weighted by atomic mass is 16.5. The van der Waals surface area contributed by atoms with Gasteiger partial charge in [-0.25, -0.2) is 0 Å². The minimum absolute atomic E-state index is 0.0809. The molecule has 0 bridgehead atoms. The molecule has 0 N–H and O–H groups in total. The van der Waals surface area contributed by atoms with E-state index in [9.17, 15) is 14.4 Å². The van der Waals surface area contributed by atoms with Gasteiger partial charge in [0.1, 0.15) is 11.9 Å². The Kier molecular flexibility index (Phi) is 4.16. The van der Waals surface area contributed by atoms with Gasteiger partial charge in [-0.1, -0.05) is 20.8 Å². The Morgan fingerprint density at radius 3 is 2.58 bits per heavy atom. The Hall–Kier alpha value is -1.45. The van der Waals surface area contributed by atoms with E-state index in [-0.39, 0.29) is 28.7 Å². The van der Waals surface area contributed by atoms with Crippen LogP contribution in [0.15, 0.2) is 11.6 Å². The molecule has 0 aromatic rings. The smallest absolute Gasteiger partial charge is 0.306 e. The number of fused-ring (bicyclic) bond motifs is 5. The summed E-state index contributed by atoms with van der Waals surface area (Å²) < 4.78 is 5.84. The van der Waals surface area contributed by atoms with Crippen molar-refractivity contribution >= 4 is 17.5 Å². The van der Waals surface area contributed by atoms with E-state index in [1.165, 1.54) is 0 Å². The molecule has 26 heavy (non-hydrogen) atoms. The van der Waals surface area contributed by atoms with Crippen LogP contribution in [-0.2, 0) is 19.1 Å². The molecule has 0 unspecified atom stereocenters. The van der Waals surface area contributed by atoms with Crippen molar-refractivity contribution in [3.05, 3.63) is 11.6 Å². The van der Waals surface area contributed by atoms with Gasteiger partial charge in [-0.2, -0.15) is 0 Å². The average molecular weight is 358 g/mol. The summed E-state index contributed by atoms with van der Waals surface area (Å²) in [6.45, 7) is 6.24. The molecular weight excluding hydrogens is 328 g/mol. The highest BCUT2D eigenvalue weighted by Crippen LogP contribution is 2.64. The van der Waals surface area contributed by atoms with Crippen molar-refractivity contribution in [2.45, 2.75) is 78.2 Å². The first-order valence-electron chi connectivity index (χ1n) is 10.3. The van der Waals surface area contributed by atoms with Gasteiger partial charge in [0.2, 0.25) is 0 Å². The summed E-state index contributed by atoms with van der Waals surface area (Å²) >= 11 is 0. The highest BCUT2D eigenvalue weighted by Gasteiger charge is 2.61. The second kappa shape index (κ2) is 6.03. The Bertz CT molecular complexity index is 692. The lowest BCUT2D eigenvalue weighted by Gasteiger charge is -2.58. The van der Waals surface area contributed by atoms with E-state index in [1.807, 2.05) is 0 Å². The molecule has 0 amide bonds. The van der Waals surface area contributed by atoms with E-state index in [0.717, 1.165) is 37.7 Å². The van der Waals surface area contributed by atoms with Gasteiger partial charge in [-0.3, -0.25) is 14.4 Å². The lowest BCUT2D eigenvalue weighted by atomic mass is 9.47. The van der Waals surface area contributed by atoms with E-state index in [2.05, 4.69) is 13.8 Å². The quantitative estimate of drug-likeness (QED) is 0.700. The van der Waals surface area contributed by atoms with Crippen LogP contribution in [0.5, 0.6) is 0 Å². The molecule has 0 aliphatic heterocycles. The molecule has 0 spiro atoms. The van der Waals surface area contributed by atoms with Crippen molar-refractivity contribution in [3.63, 3.8) is 0 Å². The summed E-state index contributed by atoms with van der Waals surface area (Å²) in [7, 11) is 0. The Balaban J connectivity index is 1.73. The number of carbonyl (C=O) groups is 3. The Morgan fingerprint density at radius 2 is 1.85 bits per heavy atom. The molecule has 0 aromatic carbocycles. The predicted octanol–water partition coefficient (Wildman–Crippen LogP) is 4.02. The number of carbonyl (C=O) groups excluding carboxylic acids is 3.